The van der Waals surface area contributed by atoms with E-state index in [-0.39, 0.29) is 5.41 Å². The summed E-state index contributed by atoms with van der Waals surface area (Å²) < 4.78 is 0. The van der Waals surface area contributed by atoms with Crippen molar-refractivity contribution in [3.8, 4) is 11.3 Å². The maximum Gasteiger partial charge on any atom is 0.0709 e. The highest BCUT2D eigenvalue weighted by atomic mass is 14.8. The van der Waals surface area contributed by atoms with Crippen LogP contribution in [0.2, 0.25) is 0 Å². The van der Waals surface area contributed by atoms with E-state index in [9.17, 15) is 0 Å². The third-order valence-electron chi connectivity index (χ3n) is 5.02. The fourth-order valence-corrected chi connectivity index (χ4v) is 4.17. The fraction of sp³-hybridized carbons (Fsp3) is 0.235. The van der Waals surface area contributed by atoms with Crippen LogP contribution >= 0.6 is 0 Å². The van der Waals surface area contributed by atoms with Crippen LogP contribution < -0.4 is 0 Å². The van der Waals surface area contributed by atoms with E-state index in [1.807, 2.05) is 0 Å². The van der Waals surface area contributed by atoms with Crippen molar-refractivity contribution in [3.63, 3.8) is 0 Å². The van der Waals surface area contributed by atoms with E-state index in [4.69, 9.17) is 4.98 Å². The molecule has 1 heterocycles. The van der Waals surface area contributed by atoms with E-state index in [1.165, 1.54) is 23.2 Å². The highest BCUT2D eigenvalue weighted by molar-refractivity contribution is 5.76. The minimum atomic E-state index is 0.278. The van der Waals surface area contributed by atoms with Gasteiger partial charge in [-0.05, 0) is 18.1 Å². The van der Waals surface area contributed by atoms with E-state index >= 15 is 0 Å². The lowest BCUT2D eigenvalue weighted by atomic mass is 9.87. The standard InChI is InChI=1S/C17H13N/c1-2-6-12-13(7-3-1)18-14-10-16-8-4-5-9-17(16,11-16)15(12)14/h1-9H,10-11H2. The van der Waals surface area contributed by atoms with E-state index in [2.05, 4.69) is 54.6 Å². The van der Waals surface area contributed by atoms with Gasteiger partial charge in [0.2, 0.25) is 0 Å². The zero-order valence-corrected chi connectivity index (χ0v) is 10.1. The Kier molecular flexibility index (Phi) is 1.31. The van der Waals surface area contributed by atoms with E-state index in [1.54, 1.807) is 0 Å². The molecule has 5 rings (SSSR count). The molecule has 0 spiro atoms. The van der Waals surface area contributed by atoms with Crippen molar-refractivity contribution < 1.29 is 0 Å². The van der Waals surface area contributed by atoms with Crippen molar-refractivity contribution in [2.75, 3.05) is 0 Å². The Morgan fingerprint density at radius 2 is 1.89 bits per heavy atom. The number of rotatable bonds is 0. The summed E-state index contributed by atoms with van der Waals surface area (Å²) in [7, 11) is 0. The van der Waals surface area contributed by atoms with Crippen LogP contribution in [0.4, 0.5) is 0 Å². The molecule has 0 saturated heterocycles. The van der Waals surface area contributed by atoms with Gasteiger partial charge in [0.1, 0.15) is 0 Å². The van der Waals surface area contributed by atoms with Crippen LogP contribution in [0.1, 0.15) is 17.7 Å². The van der Waals surface area contributed by atoms with Gasteiger partial charge in [-0.3, -0.25) is 4.98 Å². The first-order chi connectivity index (χ1) is 8.85. The molecule has 1 fully saturated rings. The zero-order chi connectivity index (χ0) is 11.8. The van der Waals surface area contributed by atoms with Crippen LogP contribution in [0.25, 0.3) is 11.3 Å². The number of fused-ring (bicyclic) bond motifs is 3. The fourth-order valence-electron chi connectivity index (χ4n) is 4.17. The molecule has 2 atom stereocenters. The number of hydrogen-bond acceptors (Lipinski definition) is 1. The summed E-state index contributed by atoms with van der Waals surface area (Å²) in [5.41, 5.74) is 6.01. The van der Waals surface area contributed by atoms with Crippen molar-refractivity contribution >= 4 is 0 Å². The molecular weight excluding hydrogens is 218 g/mol. The monoisotopic (exact) mass is 231 g/mol. The van der Waals surface area contributed by atoms with Crippen LogP contribution in [0.15, 0.2) is 54.6 Å². The second-order valence-corrected chi connectivity index (χ2v) is 5.84. The number of allylic oxidation sites excluding steroid dienone is 4. The number of nitrogens with zero attached hydrogens (tertiary/aromatic N) is 1. The van der Waals surface area contributed by atoms with Crippen LogP contribution in [-0.4, -0.2) is 4.98 Å². The molecule has 1 aliphatic heterocycles. The molecule has 0 N–H and O–H groups in total. The Labute approximate surface area is 106 Å². The van der Waals surface area contributed by atoms with Crippen LogP contribution in [-0.2, 0) is 11.8 Å². The molecule has 0 bridgehead atoms. The van der Waals surface area contributed by atoms with E-state index < -0.39 is 0 Å². The lowest BCUT2D eigenvalue weighted by molar-refractivity contribution is 0.605. The summed E-state index contributed by atoms with van der Waals surface area (Å²) in [4.78, 5) is 4.86. The van der Waals surface area contributed by atoms with Gasteiger partial charge in [-0.25, -0.2) is 0 Å². The van der Waals surface area contributed by atoms with Gasteiger partial charge in [0, 0.05) is 28.5 Å². The lowest BCUT2D eigenvalue weighted by Gasteiger charge is -2.16. The first-order valence-electron chi connectivity index (χ1n) is 6.60. The third kappa shape index (κ3) is 0.798. The Morgan fingerprint density at radius 1 is 1.00 bits per heavy atom. The van der Waals surface area contributed by atoms with E-state index in [0.29, 0.717) is 5.41 Å². The molecular formula is C17H13N. The van der Waals surface area contributed by atoms with Gasteiger partial charge in [0.25, 0.3) is 0 Å². The molecule has 2 unspecified atom stereocenters. The number of hydrogen-bond donors (Lipinski definition) is 0. The van der Waals surface area contributed by atoms with Crippen LogP contribution in [0.3, 0.4) is 0 Å². The highest BCUT2D eigenvalue weighted by Gasteiger charge is 2.71. The summed E-state index contributed by atoms with van der Waals surface area (Å²) in [6.07, 6.45) is 11.6. The molecule has 0 amide bonds. The highest BCUT2D eigenvalue weighted by Crippen LogP contribution is 2.75. The molecule has 1 nitrogen and oxygen atoms in total. The Morgan fingerprint density at radius 3 is 2.89 bits per heavy atom. The molecule has 0 aromatic heterocycles. The first-order valence-corrected chi connectivity index (χ1v) is 6.60. The van der Waals surface area contributed by atoms with Crippen LogP contribution in [0.5, 0.6) is 0 Å². The molecule has 1 saturated carbocycles. The van der Waals surface area contributed by atoms with E-state index in [0.717, 1.165) is 12.1 Å². The largest absolute Gasteiger partial charge is 0.252 e. The molecule has 5 aliphatic rings. The minimum absolute atomic E-state index is 0.278. The van der Waals surface area contributed by atoms with Crippen molar-refractivity contribution in [3.05, 3.63) is 65.9 Å². The maximum absolute atomic E-state index is 4.86. The SMILES string of the molecule is C1=CC23Cc4nc5cccccc-5c4C2(C=C1)C3. The molecule has 4 aliphatic carbocycles. The second kappa shape index (κ2) is 2.59. The van der Waals surface area contributed by atoms with Crippen molar-refractivity contribution in [1.29, 1.82) is 0 Å². The molecule has 0 aromatic carbocycles. The average molecular weight is 231 g/mol. The van der Waals surface area contributed by atoms with Gasteiger partial charge in [0.05, 0.1) is 5.69 Å². The van der Waals surface area contributed by atoms with Gasteiger partial charge < -0.3 is 0 Å². The smallest absolute Gasteiger partial charge is 0.0709 e. The average Bonchev–Trinajstić information content (AvgIpc) is 2.90. The molecule has 1 heteroatoms. The summed E-state index contributed by atoms with van der Waals surface area (Å²) >= 11 is 0. The molecule has 86 valence electrons. The van der Waals surface area contributed by atoms with Gasteiger partial charge in [-0.2, -0.15) is 0 Å². The first kappa shape index (κ1) is 9.09. The predicted molar refractivity (Wildman–Crippen MR) is 71.6 cm³/mol. The number of aromatic nitrogens is 1. The topological polar surface area (TPSA) is 12.9 Å². The minimum Gasteiger partial charge on any atom is -0.252 e. The maximum atomic E-state index is 4.86. The zero-order valence-electron chi connectivity index (χ0n) is 10.1. The van der Waals surface area contributed by atoms with Crippen molar-refractivity contribution in [2.24, 2.45) is 5.41 Å². The normalized spacial score (nSPS) is 34.2. The summed E-state index contributed by atoms with van der Waals surface area (Å²) in [6.45, 7) is 0. The second-order valence-electron chi connectivity index (χ2n) is 5.84. The van der Waals surface area contributed by atoms with Gasteiger partial charge >= 0.3 is 0 Å². The quantitative estimate of drug-likeness (QED) is 0.676. The molecule has 18 heavy (non-hydrogen) atoms. The van der Waals surface area contributed by atoms with Crippen molar-refractivity contribution in [2.45, 2.75) is 18.3 Å². The lowest BCUT2D eigenvalue weighted by Crippen LogP contribution is -2.11. The third-order valence-corrected chi connectivity index (χ3v) is 5.02. The van der Waals surface area contributed by atoms with Gasteiger partial charge in [0.15, 0.2) is 0 Å². The van der Waals surface area contributed by atoms with Crippen molar-refractivity contribution in [1.82, 2.24) is 4.98 Å². The summed E-state index contributed by atoms with van der Waals surface area (Å²) in [5.74, 6) is 0. The Balaban J connectivity index is 1.86. The van der Waals surface area contributed by atoms with Gasteiger partial charge in [-0.1, -0.05) is 48.6 Å². The Bertz CT molecular complexity index is 712. The predicted octanol–water partition coefficient (Wildman–Crippen LogP) is 3.50. The Hall–Kier alpha value is -1.89. The summed E-state index contributed by atoms with van der Waals surface area (Å²) in [5, 5.41) is 0. The molecule has 0 radical (unpaired) electrons. The van der Waals surface area contributed by atoms with Gasteiger partial charge in [-0.15, -0.1) is 0 Å². The summed E-state index contributed by atoms with van der Waals surface area (Å²) in [6, 6.07) is 10.7. The van der Waals surface area contributed by atoms with Crippen LogP contribution in [0, 0.1) is 5.41 Å². The molecule has 0 aromatic rings.